The van der Waals surface area contributed by atoms with Gasteiger partial charge in [0.2, 0.25) is 15.9 Å². The number of rotatable bonds is 5. The number of amides is 1. The van der Waals surface area contributed by atoms with Crippen LogP contribution in [0.25, 0.3) is 0 Å². The highest BCUT2D eigenvalue weighted by molar-refractivity contribution is 7.89. The van der Waals surface area contributed by atoms with Crippen LogP contribution in [0.2, 0.25) is 0 Å². The lowest BCUT2D eigenvalue weighted by atomic mass is 10.2. The van der Waals surface area contributed by atoms with E-state index in [9.17, 15) is 17.6 Å². The SMILES string of the molecule is Cc1ccc(S(=O)(=O)NCC(=O)Nc2ccc(F)cc2)cc1. The van der Waals surface area contributed by atoms with Gasteiger partial charge in [0.05, 0.1) is 11.4 Å². The van der Waals surface area contributed by atoms with Crippen LogP contribution in [0.3, 0.4) is 0 Å². The van der Waals surface area contributed by atoms with Crippen molar-refractivity contribution < 1.29 is 17.6 Å². The van der Waals surface area contributed by atoms with Gasteiger partial charge in [-0.25, -0.2) is 17.5 Å². The van der Waals surface area contributed by atoms with E-state index in [0.717, 1.165) is 5.56 Å². The molecule has 0 atom stereocenters. The Morgan fingerprint density at radius 3 is 2.23 bits per heavy atom. The van der Waals surface area contributed by atoms with Crippen LogP contribution in [0, 0.1) is 12.7 Å². The molecule has 116 valence electrons. The molecule has 22 heavy (non-hydrogen) atoms. The first-order valence-electron chi connectivity index (χ1n) is 6.48. The van der Waals surface area contributed by atoms with Crippen LogP contribution < -0.4 is 10.0 Å². The summed E-state index contributed by atoms with van der Waals surface area (Å²) in [5, 5.41) is 2.47. The predicted octanol–water partition coefficient (Wildman–Crippen LogP) is 2.05. The Morgan fingerprint density at radius 1 is 1.05 bits per heavy atom. The van der Waals surface area contributed by atoms with Gasteiger partial charge in [-0.05, 0) is 43.3 Å². The molecular formula is C15H15FN2O3S. The number of sulfonamides is 1. The summed E-state index contributed by atoms with van der Waals surface area (Å²) in [6, 6.07) is 11.5. The van der Waals surface area contributed by atoms with Gasteiger partial charge in [-0.1, -0.05) is 17.7 Å². The van der Waals surface area contributed by atoms with Gasteiger partial charge in [-0.3, -0.25) is 4.79 Å². The topological polar surface area (TPSA) is 75.3 Å². The molecule has 0 aliphatic rings. The molecule has 0 bridgehead atoms. The Labute approximate surface area is 128 Å². The summed E-state index contributed by atoms with van der Waals surface area (Å²) >= 11 is 0. The molecule has 2 rings (SSSR count). The average Bonchev–Trinajstić information content (AvgIpc) is 2.48. The third-order valence-corrected chi connectivity index (χ3v) is 4.30. The molecule has 0 unspecified atom stereocenters. The molecule has 0 radical (unpaired) electrons. The minimum Gasteiger partial charge on any atom is -0.325 e. The van der Waals surface area contributed by atoms with Crippen LogP contribution in [0.4, 0.5) is 10.1 Å². The van der Waals surface area contributed by atoms with Gasteiger partial charge in [0.1, 0.15) is 5.82 Å². The van der Waals surface area contributed by atoms with Gasteiger partial charge >= 0.3 is 0 Å². The van der Waals surface area contributed by atoms with E-state index in [4.69, 9.17) is 0 Å². The van der Waals surface area contributed by atoms with E-state index in [1.165, 1.54) is 36.4 Å². The zero-order valence-electron chi connectivity index (χ0n) is 11.8. The monoisotopic (exact) mass is 322 g/mol. The van der Waals surface area contributed by atoms with Crippen LogP contribution in [-0.4, -0.2) is 20.9 Å². The number of nitrogens with one attached hydrogen (secondary N) is 2. The molecule has 0 saturated heterocycles. The second kappa shape index (κ2) is 6.67. The maximum Gasteiger partial charge on any atom is 0.241 e. The molecule has 2 aromatic rings. The van der Waals surface area contributed by atoms with E-state index in [1.807, 2.05) is 6.92 Å². The summed E-state index contributed by atoms with van der Waals surface area (Å²) in [7, 11) is -3.74. The summed E-state index contributed by atoms with van der Waals surface area (Å²) in [5.74, 6) is -0.958. The Balaban J connectivity index is 1.95. The molecule has 7 heteroatoms. The first-order valence-corrected chi connectivity index (χ1v) is 7.97. The molecule has 1 amide bonds. The van der Waals surface area contributed by atoms with E-state index < -0.39 is 28.3 Å². The van der Waals surface area contributed by atoms with Crippen molar-refractivity contribution in [1.82, 2.24) is 4.72 Å². The number of hydrogen-bond acceptors (Lipinski definition) is 3. The highest BCUT2D eigenvalue weighted by Gasteiger charge is 2.15. The number of anilines is 1. The molecule has 2 N–H and O–H groups in total. The Bertz CT molecular complexity index is 756. The first-order chi connectivity index (χ1) is 10.4. The third kappa shape index (κ3) is 4.37. The Kier molecular flexibility index (Phi) is 4.89. The molecular weight excluding hydrogens is 307 g/mol. The molecule has 0 saturated carbocycles. The molecule has 0 spiro atoms. The van der Waals surface area contributed by atoms with Crippen molar-refractivity contribution in [2.75, 3.05) is 11.9 Å². The van der Waals surface area contributed by atoms with Crippen molar-refractivity contribution >= 4 is 21.6 Å². The second-order valence-electron chi connectivity index (χ2n) is 4.69. The molecule has 2 aromatic carbocycles. The van der Waals surface area contributed by atoms with Crippen molar-refractivity contribution in [3.63, 3.8) is 0 Å². The number of aryl methyl sites for hydroxylation is 1. The van der Waals surface area contributed by atoms with Crippen molar-refractivity contribution in [1.29, 1.82) is 0 Å². The number of hydrogen-bond donors (Lipinski definition) is 2. The maximum absolute atomic E-state index is 12.7. The smallest absolute Gasteiger partial charge is 0.241 e. The van der Waals surface area contributed by atoms with Gasteiger partial charge in [0.25, 0.3) is 0 Å². The summed E-state index contributed by atoms with van der Waals surface area (Å²) in [5.41, 5.74) is 1.33. The van der Waals surface area contributed by atoms with Gasteiger partial charge in [0.15, 0.2) is 0 Å². The van der Waals surface area contributed by atoms with Gasteiger partial charge < -0.3 is 5.32 Å². The number of halogens is 1. The van der Waals surface area contributed by atoms with E-state index in [-0.39, 0.29) is 4.90 Å². The molecule has 0 heterocycles. The highest BCUT2D eigenvalue weighted by atomic mass is 32.2. The van der Waals surface area contributed by atoms with Gasteiger partial charge in [-0.2, -0.15) is 0 Å². The van der Waals surface area contributed by atoms with Crippen LogP contribution >= 0.6 is 0 Å². The molecule has 0 aliphatic carbocycles. The summed E-state index contributed by atoms with van der Waals surface area (Å²) in [6.07, 6.45) is 0. The first kappa shape index (κ1) is 16.1. The van der Waals surface area contributed by atoms with Crippen molar-refractivity contribution in [3.8, 4) is 0 Å². The van der Waals surface area contributed by atoms with Gasteiger partial charge in [-0.15, -0.1) is 0 Å². The maximum atomic E-state index is 12.7. The van der Waals surface area contributed by atoms with E-state index >= 15 is 0 Å². The fourth-order valence-electron chi connectivity index (χ4n) is 1.70. The Hall–Kier alpha value is -2.25. The van der Waals surface area contributed by atoms with Crippen molar-refractivity contribution in [2.45, 2.75) is 11.8 Å². The second-order valence-corrected chi connectivity index (χ2v) is 6.46. The lowest BCUT2D eigenvalue weighted by Gasteiger charge is -2.08. The molecule has 0 fully saturated rings. The van der Waals surface area contributed by atoms with E-state index in [2.05, 4.69) is 10.0 Å². The van der Waals surface area contributed by atoms with E-state index in [0.29, 0.717) is 5.69 Å². The largest absolute Gasteiger partial charge is 0.325 e. The summed E-state index contributed by atoms with van der Waals surface area (Å²) < 4.78 is 39.0. The molecule has 5 nitrogen and oxygen atoms in total. The highest BCUT2D eigenvalue weighted by Crippen LogP contribution is 2.10. The Morgan fingerprint density at radius 2 is 1.64 bits per heavy atom. The zero-order chi connectivity index (χ0) is 16.2. The standard InChI is InChI=1S/C15H15FN2O3S/c1-11-2-8-14(9-3-11)22(20,21)17-10-15(19)18-13-6-4-12(16)5-7-13/h2-9,17H,10H2,1H3,(H,18,19). The van der Waals surface area contributed by atoms with Crippen LogP contribution in [0.15, 0.2) is 53.4 Å². The van der Waals surface area contributed by atoms with Crippen LogP contribution in [-0.2, 0) is 14.8 Å². The molecule has 0 aromatic heterocycles. The fraction of sp³-hybridized carbons (Fsp3) is 0.133. The summed E-state index contributed by atoms with van der Waals surface area (Å²) in [4.78, 5) is 11.8. The minimum atomic E-state index is -3.74. The minimum absolute atomic E-state index is 0.0904. The average molecular weight is 322 g/mol. The zero-order valence-corrected chi connectivity index (χ0v) is 12.7. The van der Waals surface area contributed by atoms with Gasteiger partial charge in [0, 0.05) is 5.69 Å². The fourth-order valence-corrected chi connectivity index (χ4v) is 2.68. The normalized spacial score (nSPS) is 11.2. The number of carbonyl (C=O) groups excluding carboxylic acids is 1. The van der Waals surface area contributed by atoms with E-state index in [1.54, 1.807) is 12.1 Å². The van der Waals surface area contributed by atoms with Crippen molar-refractivity contribution in [3.05, 3.63) is 59.9 Å². The lowest BCUT2D eigenvalue weighted by molar-refractivity contribution is -0.115. The quantitative estimate of drug-likeness (QED) is 0.884. The lowest BCUT2D eigenvalue weighted by Crippen LogP contribution is -2.32. The van der Waals surface area contributed by atoms with Crippen molar-refractivity contribution in [2.24, 2.45) is 0 Å². The van der Waals surface area contributed by atoms with Crippen LogP contribution in [0.5, 0.6) is 0 Å². The number of carbonyl (C=O) groups is 1. The summed E-state index contributed by atoms with van der Waals surface area (Å²) in [6.45, 7) is 1.44. The number of benzene rings is 2. The van der Waals surface area contributed by atoms with Crippen LogP contribution in [0.1, 0.15) is 5.56 Å². The third-order valence-electron chi connectivity index (χ3n) is 2.88. The molecule has 0 aliphatic heterocycles. The predicted molar refractivity (Wildman–Crippen MR) is 81.4 cm³/mol.